The van der Waals surface area contributed by atoms with E-state index in [-0.39, 0.29) is 5.69 Å². The van der Waals surface area contributed by atoms with Crippen molar-refractivity contribution in [1.82, 2.24) is 0 Å². The monoisotopic (exact) mass is 256 g/mol. The van der Waals surface area contributed by atoms with Gasteiger partial charge in [-0.25, -0.2) is 0 Å². The second-order valence-corrected chi connectivity index (χ2v) is 4.36. The van der Waals surface area contributed by atoms with Crippen molar-refractivity contribution < 1.29 is 4.92 Å². The summed E-state index contributed by atoms with van der Waals surface area (Å²) in [6, 6.07) is 4.97. The van der Waals surface area contributed by atoms with E-state index >= 15 is 0 Å². The van der Waals surface area contributed by atoms with Crippen LogP contribution < -0.4 is 16.6 Å². The van der Waals surface area contributed by atoms with Crippen molar-refractivity contribution in [2.24, 2.45) is 5.84 Å². The van der Waals surface area contributed by atoms with E-state index in [1.54, 1.807) is 30.0 Å². The quantitative estimate of drug-likeness (QED) is 0.299. The number of nitrogens with zero attached hydrogens (tertiary/aromatic N) is 1. The lowest BCUT2D eigenvalue weighted by Crippen LogP contribution is -2.11. The highest BCUT2D eigenvalue weighted by atomic mass is 32.2. The Morgan fingerprint density at radius 2 is 2.18 bits per heavy atom. The molecule has 0 bridgehead atoms. The lowest BCUT2D eigenvalue weighted by atomic mass is 10.2. The Balaban J connectivity index is 2.79. The third kappa shape index (κ3) is 3.79. The second kappa shape index (κ2) is 6.97. The number of para-hydroxylation sites is 1. The molecule has 0 amide bonds. The topological polar surface area (TPSA) is 93.2 Å². The molecule has 0 radical (unpaired) electrons. The Labute approximate surface area is 104 Å². The lowest BCUT2D eigenvalue weighted by Gasteiger charge is -2.09. The Kier molecular flexibility index (Phi) is 5.58. The molecule has 1 aromatic carbocycles. The van der Waals surface area contributed by atoms with E-state index in [0.29, 0.717) is 17.9 Å². The maximum absolute atomic E-state index is 11.0. The van der Waals surface area contributed by atoms with E-state index in [1.807, 2.05) is 6.26 Å². The van der Waals surface area contributed by atoms with Gasteiger partial charge in [-0.1, -0.05) is 6.07 Å². The van der Waals surface area contributed by atoms with Crippen LogP contribution in [0.25, 0.3) is 0 Å². The molecule has 17 heavy (non-hydrogen) atoms. The SMILES string of the molecule is CSCCCNc1cccc(NN)c1[N+](=O)[O-]. The predicted octanol–water partition coefficient (Wildman–Crippen LogP) is 2.05. The summed E-state index contributed by atoms with van der Waals surface area (Å²) in [4.78, 5) is 10.5. The van der Waals surface area contributed by atoms with Crippen LogP contribution in [0.15, 0.2) is 18.2 Å². The van der Waals surface area contributed by atoms with Gasteiger partial charge in [-0.2, -0.15) is 11.8 Å². The first-order chi connectivity index (χ1) is 8.20. The Hall–Kier alpha value is -1.47. The molecule has 7 heteroatoms. The van der Waals surface area contributed by atoms with Gasteiger partial charge in [-0.3, -0.25) is 16.0 Å². The summed E-state index contributed by atoms with van der Waals surface area (Å²) in [5.74, 6) is 6.27. The van der Waals surface area contributed by atoms with Crippen LogP contribution in [0.5, 0.6) is 0 Å². The molecule has 1 aromatic rings. The van der Waals surface area contributed by atoms with Gasteiger partial charge in [0.05, 0.1) is 4.92 Å². The summed E-state index contributed by atoms with van der Waals surface area (Å²) < 4.78 is 0. The van der Waals surface area contributed by atoms with Gasteiger partial charge < -0.3 is 10.7 Å². The number of hydrogen-bond donors (Lipinski definition) is 3. The summed E-state index contributed by atoms with van der Waals surface area (Å²) in [5.41, 5.74) is 3.12. The molecule has 0 aromatic heterocycles. The molecule has 0 aliphatic rings. The summed E-state index contributed by atoms with van der Waals surface area (Å²) in [6.07, 6.45) is 2.99. The number of nitro benzene ring substituents is 1. The summed E-state index contributed by atoms with van der Waals surface area (Å²) in [7, 11) is 0. The number of nitrogens with two attached hydrogens (primary N) is 1. The van der Waals surface area contributed by atoms with Crippen LogP contribution in [0.3, 0.4) is 0 Å². The largest absolute Gasteiger partial charge is 0.379 e. The van der Waals surface area contributed by atoms with Gasteiger partial charge in [-0.05, 0) is 30.6 Å². The van der Waals surface area contributed by atoms with E-state index in [2.05, 4.69) is 10.7 Å². The molecule has 0 aliphatic carbocycles. The highest BCUT2D eigenvalue weighted by molar-refractivity contribution is 7.98. The molecule has 0 saturated carbocycles. The highest BCUT2D eigenvalue weighted by Crippen LogP contribution is 2.31. The Morgan fingerprint density at radius 3 is 2.76 bits per heavy atom. The first-order valence-electron chi connectivity index (χ1n) is 5.17. The molecule has 0 atom stereocenters. The molecule has 1 rings (SSSR count). The minimum absolute atomic E-state index is 0.0147. The number of anilines is 2. The fraction of sp³-hybridized carbons (Fsp3) is 0.400. The van der Waals surface area contributed by atoms with Gasteiger partial charge in [-0.15, -0.1) is 0 Å². The van der Waals surface area contributed by atoms with Crippen LogP contribution >= 0.6 is 11.8 Å². The number of hydrogen-bond acceptors (Lipinski definition) is 6. The van der Waals surface area contributed by atoms with Gasteiger partial charge in [0, 0.05) is 6.54 Å². The zero-order valence-electron chi connectivity index (χ0n) is 9.60. The first kappa shape index (κ1) is 13.6. The molecule has 0 saturated heterocycles. The standard InChI is InChI=1S/C10H16N4O2S/c1-17-7-3-6-12-8-4-2-5-9(13-11)10(8)14(15)16/h2,4-5,12-13H,3,6-7,11H2,1H3. The highest BCUT2D eigenvalue weighted by Gasteiger charge is 2.18. The smallest absolute Gasteiger partial charge is 0.316 e. The average molecular weight is 256 g/mol. The van der Waals surface area contributed by atoms with Crippen molar-refractivity contribution in [2.45, 2.75) is 6.42 Å². The van der Waals surface area contributed by atoms with Gasteiger partial charge in [0.2, 0.25) is 0 Å². The molecular formula is C10H16N4O2S. The number of rotatable bonds is 7. The van der Waals surface area contributed by atoms with Crippen molar-refractivity contribution in [3.63, 3.8) is 0 Å². The average Bonchev–Trinajstić information content (AvgIpc) is 2.33. The van der Waals surface area contributed by atoms with Gasteiger partial charge >= 0.3 is 5.69 Å². The summed E-state index contributed by atoms with van der Waals surface area (Å²) in [5, 5.41) is 14.0. The van der Waals surface area contributed by atoms with E-state index < -0.39 is 4.92 Å². The number of nitrogens with one attached hydrogen (secondary N) is 2. The third-order valence-electron chi connectivity index (χ3n) is 2.21. The molecule has 94 valence electrons. The second-order valence-electron chi connectivity index (χ2n) is 3.38. The number of nitro groups is 1. The number of nitrogen functional groups attached to an aromatic ring is 1. The van der Waals surface area contributed by atoms with E-state index in [0.717, 1.165) is 12.2 Å². The maximum atomic E-state index is 11.0. The van der Waals surface area contributed by atoms with Crippen LogP contribution in [0.2, 0.25) is 0 Å². The maximum Gasteiger partial charge on any atom is 0.316 e. The van der Waals surface area contributed by atoms with Crippen molar-refractivity contribution in [3.05, 3.63) is 28.3 Å². The fourth-order valence-electron chi connectivity index (χ4n) is 1.44. The molecular weight excluding hydrogens is 240 g/mol. The van der Waals surface area contributed by atoms with Crippen molar-refractivity contribution >= 4 is 28.8 Å². The molecule has 0 spiro atoms. The molecule has 6 nitrogen and oxygen atoms in total. The van der Waals surface area contributed by atoms with Crippen LogP contribution in [0.4, 0.5) is 17.1 Å². The van der Waals surface area contributed by atoms with E-state index in [9.17, 15) is 10.1 Å². The summed E-state index contributed by atoms with van der Waals surface area (Å²) >= 11 is 1.75. The van der Waals surface area contributed by atoms with E-state index in [1.165, 1.54) is 0 Å². The molecule has 0 aliphatic heterocycles. The molecule has 0 fully saturated rings. The number of thioether (sulfide) groups is 1. The predicted molar refractivity (Wildman–Crippen MR) is 72.4 cm³/mol. The Bertz CT molecular complexity index is 387. The number of hydrazine groups is 1. The third-order valence-corrected chi connectivity index (χ3v) is 2.91. The molecule has 0 unspecified atom stereocenters. The zero-order chi connectivity index (χ0) is 12.7. The van der Waals surface area contributed by atoms with E-state index in [4.69, 9.17) is 5.84 Å². The fourth-order valence-corrected chi connectivity index (χ4v) is 1.87. The molecule has 4 N–H and O–H groups in total. The molecule has 0 heterocycles. The van der Waals surface area contributed by atoms with Crippen molar-refractivity contribution in [1.29, 1.82) is 0 Å². The minimum atomic E-state index is -0.438. The normalized spacial score (nSPS) is 10.0. The number of benzene rings is 1. The van der Waals surface area contributed by atoms with Crippen molar-refractivity contribution in [3.8, 4) is 0 Å². The van der Waals surface area contributed by atoms with Crippen LogP contribution in [0.1, 0.15) is 6.42 Å². The Morgan fingerprint density at radius 1 is 1.47 bits per heavy atom. The first-order valence-corrected chi connectivity index (χ1v) is 6.57. The van der Waals surface area contributed by atoms with Crippen LogP contribution in [-0.2, 0) is 0 Å². The summed E-state index contributed by atoms with van der Waals surface area (Å²) in [6.45, 7) is 0.704. The van der Waals surface area contributed by atoms with Gasteiger partial charge in [0.1, 0.15) is 11.4 Å². The van der Waals surface area contributed by atoms with Gasteiger partial charge in [0.25, 0.3) is 0 Å². The van der Waals surface area contributed by atoms with Crippen LogP contribution in [-0.4, -0.2) is 23.5 Å². The lowest BCUT2D eigenvalue weighted by molar-refractivity contribution is -0.383. The van der Waals surface area contributed by atoms with Gasteiger partial charge in [0.15, 0.2) is 0 Å². The zero-order valence-corrected chi connectivity index (χ0v) is 10.4. The van der Waals surface area contributed by atoms with Crippen LogP contribution in [0, 0.1) is 10.1 Å². The minimum Gasteiger partial charge on any atom is -0.379 e. The van der Waals surface area contributed by atoms with Crippen molar-refractivity contribution in [2.75, 3.05) is 29.3 Å².